The number of halogens is 2. The molecule has 23 heavy (non-hydrogen) atoms. The third-order valence-electron chi connectivity index (χ3n) is 3.63. The number of nitrogens with two attached hydrogens (primary N) is 1. The molecule has 3 rings (SSSR count). The van der Waals surface area contributed by atoms with Crippen LogP contribution in [0.15, 0.2) is 6.20 Å². The molecule has 3 aromatic heterocycles. The Kier molecular flexibility index (Phi) is 3.99. The summed E-state index contributed by atoms with van der Waals surface area (Å²) in [7, 11) is 1.60. The first kappa shape index (κ1) is 15.8. The van der Waals surface area contributed by atoms with Gasteiger partial charge in [0.2, 0.25) is 5.95 Å². The predicted molar refractivity (Wildman–Crippen MR) is 89.1 cm³/mol. The second-order valence-electron chi connectivity index (χ2n) is 5.04. The van der Waals surface area contributed by atoms with Gasteiger partial charge in [0, 0.05) is 11.1 Å². The Morgan fingerprint density at radius 1 is 1.13 bits per heavy atom. The van der Waals surface area contributed by atoms with Gasteiger partial charge in [-0.15, -0.1) is 0 Å². The Hall–Kier alpha value is -2.12. The Labute approximate surface area is 142 Å². The molecule has 0 radical (unpaired) electrons. The van der Waals surface area contributed by atoms with Crippen molar-refractivity contribution >= 4 is 40.2 Å². The molecule has 3 heterocycles. The van der Waals surface area contributed by atoms with Gasteiger partial charge in [0.1, 0.15) is 16.1 Å². The number of rotatable bonds is 3. The minimum absolute atomic E-state index is 0.0912. The number of ether oxygens (including phenoxy) is 1. The molecule has 3 aromatic rings. The lowest BCUT2D eigenvalue weighted by molar-refractivity contribution is 0.406. The molecule has 0 unspecified atom stereocenters. The minimum atomic E-state index is 0.0912. The van der Waals surface area contributed by atoms with Gasteiger partial charge >= 0.3 is 0 Å². The van der Waals surface area contributed by atoms with Crippen molar-refractivity contribution in [3.05, 3.63) is 33.3 Å². The zero-order valence-corrected chi connectivity index (χ0v) is 14.3. The number of anilines is 1. The van der Waals surface area contributed by atoms with Crippen LogP contribution in [0.5, 0.6) is 5.75 Å². The van der Waals surface area contributed by atoms with Crippen molar-refractivity contribution in [2.45, 2.75) is 20.4 Å². The van der Waals surface area contributed by atoms with Crippen LogP contribution in [-0.2, 0) is 6.54 Å². The highest BCUT2D eigenvalue weighted by atomic mass is 35.5. The highest BCUT2D eigenvalue weighted by Crippen LogP contribution is 2.30. The lowest BCUT2D eigenvalue weighted by Crippen LogP contribution is -2.09. The Bertz CT molecular complexity index is 908. The van der Waals surface area contributed by atoms with E-state index in [4.69, 9.17) is 33.7 Å². The smallest absolute Gasteiger partial charge is 0.223 e. The molecule has 0 saturated heterocycles. The molecule has 0 aliphatic rings. The number of hydrogen-bond donors (Lipinski definition) is 1. The second-order valence-corrected chi connectivity index (χ2v) is 5.76. The average molecular weight is 353 g/mol. The quantitative estimate of drug-likeness (QED) is 0.575. The van der Waals surface area contributed by atoms with Gasteiger partial charge in [-0.1, -0.05) is 23.2 Å². The summed E-state index contributed by atoms with van der Waals surface area (Å²) in [5.74, 6) is 0.803. The molecule has 0 aliphatic carbocycles. The summed E-state index contributed by atoms with van der Waals surface area (Å²) in [6.45, 7) is 4.15. The molecule has 0 amide bonds. The monoisotopic (exact) mass is 352 g/mol. The van der Waals surface area contributed by atoms with Gasteiger partial charge in [-0.3, -0.25) is 0 Å². The van der Waals surface area contributed by atoms with E-state index < -0.39 is 0 Å². The molecule has 0 atom stereocenters. The lowest BCUT2D eigenvalue weighted by Gasteiger charge is -2.14. The van der Waals surface area contributed by atoms with Crippen molar-refractivity contribution in [3.8, 4) is 5.75 Å². The first-order valence-corrected chi connectivity index (χ1v) is 7.52. The third-order valence-corrected chi connectivity index (χ3v) is 4.28. The van der Waals surface area contributed by atoms with Crippen molar-refractivity contribution < 1.29 is 4.74 Å². The van der Waals surface area contributed by atoms with Crippen molar-refractivity contribution in [2.75, 3.05) is 12.8 Å². The first-order chi connectivity index (χ1) is 10.9. The summed E-state index contributed by atoms with van der Waals surface area (Å²) in [5.41, 5.74) is 8.63. The van der Waals surface area contributed by atoms with Crippen molar-refractivity contribution in [3.63, 3.8) is 0 Å². The highest BCUT2D eigenvalue weighted by molar-refractivity contribution is 6.34. The fourth-order valence-electron chi connectivity index (χ4n) is 2.45. The maximum atomic E-state index is 6.19. The van der Waals surface area contributed by atoms with Gasteiger partial charge < -0.3 is 10.5 Å². The van der Waals surface area contributed by atoms with E-state index in [2.05, 4.69) is 20.1 Å². The Balaban J connectivity index is 2.12. The van der Waals surface area contributed by atoms with Gasteiger partial charge in [-0.2, -0.15) is 10.1 Å². The van der Waals surface area contributed by atoms with E-state index in [9.17, 15) is 0 Å². The number of fused-ring (bicyclic) bond motifs is 1. The molecule has 7 nitrogen and oxygen atoms in total. The van der Waals surface area contributed by atoms with E-state index in [0.717, 1.165) is 16.8 Å². The van der Waals surface area contributed by atoms with Crippen LogP contribution in [0.2, 0.25) is 10.3 Å². The van der Waals surface area contributed by atoms with E-state index >= 15 is 0 Å². The van der Waals surface area contributed by atoms with E-state index in [-0.39, 0.29) is 11.1 Å². The maximum Gasteiger partial charge on any atom is 0.223 e. The van der Waals surface area contributed by atoms with Crippen LogP contribution in [-0.4, -0.2) is 31.8 Å². The van der Waals surface area contributed by atoms with Crippen LogP contribution < -0.4 is 10.5 Å². The van der Waals surface area contributed by atoms with Gasteiger partial charge in [0.05, 0.1) is 30.9 Å². The van der Waals surface area contributed by atoms with E-state index in [1.54, 1.807) is 18.0 Å². The van der Waals surface area contributed by atoms with Crippen LogP contribution in [0, 0.1) is 13.8 Å². The SMILES string of the molecule is COc1c(C)c(Cl)nc(Cn2ncc3c(Cl)nc(N)nc32)c1C. The molecular formula is C14H14Cl2N6O. The normalized spacial score (nSPS) is 11.2. The summed E-state index contributed by atoms with van der Waals surface area (Å²) < 4.78 is 7.07. The highest BCUT2D eigenvalue weighted by Gasteiger charge is 2.17. The molecule has 0 bridgehead atoms. The average Bonchev–Trinajstić information content (AvgIpc) is 2.89. The molecule has 0 fully saturated rings. The minimum Gasteiger partial charge on any atom is -0.496 e. The molecule has 120 valence electrons. The van der Waals surface area contributed by atoms with Crippen molar-refractivity contribution in [1.29, 1.82) is 0 Å². The number of methoxy groups -OCH3 is 1. The van der Waals surface area contributed by atoms with E-state index in [0.29, 0.717) is 28.5 Å². The molecular weight excluding hydrogens is 339 g/mol. The summed E-state index contributed by atoms with van der Waals surface area (Å²) in [6, 6.07) is 0. The summed E-state index contributed by atoms with van der Waals surface area (Å²) in [5, 5.41) is 5.58. The fraction of sp³-hybridized carbons (Fsp3) is 0.286. The predicted octanol–water partition coefficient (Wildman–Crippen LogP) is 2.78. The van der Waals surface area contributed by atoms with E-state index in [1.165, 1.54) is 0 Å². The summed E-state index contributed by atoms with van der Waals surface area (Å²) >= 11 is 12.3. The van der Waals surface area contributed by atoms with Gasteiger partial charge in [-0.25, -0.2) is 14.6 Å². The number of aromatic nitrogens is 5. The second kappa shape index (κ2) is 5.82. The van der Waals surface area contributed by atoms with Crippen LogP contribution in [0.25, 0.3) is 11.0 Å². The van der Waals surface area contributed by atoms with Gasteiger partial charge in [0.15, 0.2) is 5.65 Å². The molecule has 0 spiro atoms. The van der Waals surface area contributed by atoms with Crippen LogP contribution in [0.3, 0.4) is 0 Å². The lowest BCUT2D eigenvalue weighted by atomic mass is 10.1. The van der Waals surface area contributed by atoms with Crippen molar-refractivity contribution in [2.24, 2.45) is 0 Å². The molecule has 0 aliphatic heterocycles. The first-order valence-electron chi connectivity index (χ1n) is 6.76. The topological polar surface area (TPSA) is 91.7 Å². The number of hydrogen-bond acceptors (Lipinski definition) is 6. The summed E-state index contributed by atoms with van der Waals surface area (Å²) in [4.78, 5) is 12.5. The van der Waals surface area contributed by atoms with Gasteiger partial charge in [-0.05, 0) is 13.8 Å². The molecule has 2 N–H and O–H groups in total. The van der Waals surface area contributed by atoms with Crippen LogP contribution >= 0.6 is 23.2 Å². The number of nitrogen functional groups attached to an aromatic ring is 1. The van der Waals surface area contributed by atoms with Crippen LogP contribution in [0.4, 0.5) is 5.95 Å². The van der Waals surface area contributed by atoms with Gasteiger partial charge in [0.25, 0.3) is 0 Å². The fourth-order valence-corrected chi connectivity index (χ4v) is 2.85. The standard InChI is InChI=1S/C14H14Cl2N6O/c1-6-9(19-11(15)7(2)10(6)23-3)5-22-13-8(4-18-22)12(16)20-14(17)21-13/h4H,5H2,1-3H3,(H2,17,20,21). The largest absolute Gasteiger partial charge is 0.496 e. The molecule has 0 aromatic carbocycles. The number of nitrogens with zero attached hydrogens (tertiary/aromatic N) is 5. The third kappa shape index (κ3) is 2.66. The zero-order chi connectivity index (χ0) is 16.7. The number of pyridine rings is 1. The Morgan fingerprint density at radius 2 is 1.87 bits per heavy atom. The Morgan fingerprint density at radius 3 is 2.57 bits per heavy atom. The zero-order valence-electron chi connectivity index (χ0n) is 12.8. The molecule has 0 saturated carbocycles. The molecule has 9 heteroatoms. The summed E-state index contributed by atoms with van der Waals surface area (Å²) in [6.07, 6.45) is 1.60. The van der Waals surface area contributed by atoms with E-state index in [1.807, 2.05) is 13.8 Å². The van der Waals surface area contributed by atoms with Crippen molar-refractivity contribution in [1.82, 2.24) is 24.7 Å². The maximum absolute atomic E-state index is 6.19. The van der Waals surface area contributed by atoms with Crippen LogP contribution in [0.1, 0.15) is 16.8 Å².